The van der Waals surface area contributed by atoms with Gasteiger partial charge >= 0.3 is 5.97 Å². The highest BCUT2D eigenvalue weighted by molar-refractivity contribution is 6.05. The van der Waals surface area contributed by atoms with Gasteiger partial charge in [0.05, 0.1) is 6.33 Å². The third-order valence-corrected chi connectivity index (χ3v) is 4.75. The van der Waals surface area contributed by atoms with E-state index in [9.17, 15) is 14.4 Å². The normalized spacial score (nSPS) is 15.3. The van der Waals surface area contributed by atoms with E-state index in [1.807, 2.05) is 30.3 Å². The minimum Gasteiger partial charge on any atom is -0.458 e. The van der Waals surface area contributed by atoms with Crippen molar-refractivity contribution in [2.75, 3.05) is 26.2 Å². The Labute approximate surface area is 181 Å². The first-order valence-corrected chi connectivity index (χ1v) is 10.4. The molecule has 1 aromatic carbocycles. The van der Waals surface area contributed by atoms with Crippen LogP contribution in [0.5, 0.6) is 0 Å². The van der Waals surface area contributed by atoms with Gasteiger partial charge in [-0.25, -0.2) is 9.78 Å². The van der Waals surface area contributed by atoms with Crippen molar-refractivity contribution in [3.63, 3.8) is 0 Å². The molecule has 1 saturated heterocycles. The molecule has 2 aromatic rings. The molecule has 9 nitrogen and oxygen atoms in total. The Morgan fingerprint density at radius 3 is 2.48 bits per heavy atom. The lowest BCUT2D eigenvalue weighted by molar-refractivity contribution is -0.157. The van der Waals surface area contributed by atoms with Crippen molar-refractivity contribution >= 4 is 17.8 Å². The lowest BCUT2D eigenvalue weighted by atomic mass is 10.1. The summed E-state index contributed by atoms with van der Waals surface area (Å²) in [5, 5.41) is 5.89. The zero-order chi connectivity index (χ0) is 22.4. The third kappa shape index (κ3) is 6.14. The van der Waals surface area contributed by atoms with Gasteiger partial charge in [-0.3, -0.25) is 9.59 Å². The molecule has 166 valence electrons. The van der Waals surface area contributed by atoms with Crippen molar-refractivity contribution < 1.29 is 19.1 Å². The number of hydrogen-bond donors (Lipinski definition) is 3. The highest BCUT2D eigenvalue weighted by atomic mass is 16.6. The number of nitrogens with one attached hydrogen (secondary N) is 3. The van der Waals surface area contributed by atoms with Crippen molar-refractivity contribution in [1.82, 2.24) is 25.5 Å². The number of imidazole rings is 1. The first-order valence-electron chi connectivity index (χ1n) is 10.4. The van der Waals surface area contributed by atoms with Crippen LogP contribution in [0.1, 0.15) is 47.3 Å². The molecule has 0 bridgehead atoms. The van der Waals surface area contributed by atoms with E-state index >= 15 is 0 Å². The Hall–Kier alpha value is -3.20. The summed E-state index contributed by atoms with van der Waals surface area (Å²) in [5.41, 5.74) is 0.247. The minimum atomic E-state index is -0.923. The van der Waals surface area contributed by atoms with Crippen LogP contribution in [-0.4, -0.2) is 70.5 Å². The molecule has 1 unspecified atom stereocenters. The monoisotopic (exact) mass is 427 g/mol. The van der Waals surface area contributed by atoms with Crippen molar-refractivity contribution in [3.05, 3.63) is 53.6 Å². The maximum Gasteiger partial charge on any atom is 0.329 e. The fourth-order valence-electron chi connectivity index (χ4n) is 3.30. The van der Waals surface area contributed by atoms with Gasteiger partial charge in [0, 0.05) is 32.6 Å². The van der Waals surface area contributed by atoms with E-state index in [4.69, 9.17) is 4.74 Å². The number of carbonyl (C=O) groups excluding carboxylic acids is 3. The van der Waals surface area contributed by atoms with Crippen molar-refractivity contribution in [3.8, 4) is 0 Å². The van der Waals surface area contributed by atoms with Crippen LogP contribution in [0.25, 0.3) is 0 Å². The molecule has 9 heteroatoms. The number of hydrogen-bond acceptors (Lipinski definition) is 6. The molecule has 31 heavy (non-hydrogen) atoms. The summed E-state index contributed by atoms with van der Waals surface area (Å²) in [6.45, 7) is 7.79. The molecule has 1 aromatic heterocycles. The average Bonchev–Trinajstić information content (AvgIpc) is 3.23. The summed E-state index contributed by atoms with van der Waals surface area (Å²) >= 11 is 0. The molecule has 2 heterocycles. The number of aromatic amines is 1. The quantitative estimate of drug-likeness (QED) is 0.596. The first-order chi connectivity index (χ1) is 14.7. The van der Waals surface area contributed by atoms with E-state index in [-0.39, 0.29) is 23.7 Å². The number of esters is 1. The highest BCUT2D eigenvalue weighted by Crippen LogP contribution is 2.13. The molecule has 2 amide bonds. The van der Waals surface area contributed by atoms with E-state index in [0.717, 1.165) is 5.56 Å². The first kappa shape index (κ1) is 22.5. The Kier molecular flexibility index (Phi) is 7.06. The number of nitrogens with zero attached hydrogens (tertiary/aromatic N) is 2. The fourth-order valence-corrected chi connectivity index (χ4v) is 3.30. The predicted octanol–water partition coefficient (Wildman–Crippen LogP) is 1.14. The Morgan fingerprint density at radius 2 is 1.84 bits per heavy atom. The van der Waals surface area contributed by atoms with Gasteiger partial charge in [-0.1, -0.05) is 30.3 Å². The van der Waals surface area contributed by atoms with Crippen LogP contribution in [-0.2, 0) is 16.0 Å². The Balaban J connectivity index is 1.78. The van der Waals surface area contributed by atoms with Crippen LogP contribution in [0.2, 0.25) is 0 Å². The number of amides is 2. The molecule has 0 spiro atoms. The van der Waals surface area contributed by atoms with Gasteiger partial charge in [-0.05, 0) is 26.3 Å². The van der Waals surface area contributed by atoms with Gasteiger partial charge < -0.3 is 25.3 Å². The maximum absolute atomic E-state index is 13.0. The molecule has 1 aliphatic rings. The van der Waals surface area contributed by atoms with Crippen molar-refractivity contribution in [2.24, 2.45) is 0 Å². The van der Waals surface area contributed by atoms with Gasteiger partial charge in [0.1, 0.15) is 17.3 Å². The minimum absolute atomic E-state index is 0.0369. The molecule has 3 N–H and O–H groups in total. The van der Waals surface area contributed by atoms with Crippen molar-refractivity contribution in [2.45, 2.75) is 38.8 Å². The molecule has 3 rings (SSSR count). The fraction of sp³-hybridized carbons (Fsp3) is 0.455. The number of H-pyrrole nitrogens is 1. The number of benzene rings is 1. The van der Waals surface area contributed by atoms with E-state index in [2.05, 4.69) is 20.6 Å². The zero-order valence-corrected chi connectivity index (χ0v) is 18.1. The van der Waals surface area contributed by atoms with Crippen LogP contribution < -0.4 is 10.6 Å². The lowest BCUT2D eigenvalue weighted by Gasteiger charge is -2.27. The highest BCUT2D eigenvalue weighted by Gasteiger charge is 2.31. The Bertz CT molecular complexity index is 913. The Morgan fingerprint density at radius 1 is 1.16 bits per heavy atom. The SMILES string of the molecule is CC(C)(C)OC(=O)C(Cc1ccccc1)NC(=O)c1nc[nH]c1C(=O)N1CCNCC1. The second-order valence-corrected chi connectivity index (χ2v) is 8.42. The third-order valence-electron chi connectivity index (χ3n) is 4.75. The van der Waals surface area contributed by atoms with Gasteiger partial charge in [-0.2, -0.15) is 0 Å². The molecule has 0 saturated carbocycles. The number of rotatable bonds is 6. The second kappa shape index (κ2) is 9.74. The zero-order valence-electron chi connectivity index (χ0n) is 18.1. The summed E-state index contributed by atoms with van der Waals surface area (Å²) in [6, 6.07) is 8.42. The predicted molar refractivity (Wildman–Crippen MR) is 115 cm³/mol. The van der Waals surface area contributed by atoms with E-state index in [1.54, 1.807) is 25.7 Å². The van der Waals surface area contributed by atoms with Crippen LogP contribution in [0.3, 0.4) is 0 Å². The molecule has 1 fully saturated rings. The van der Waals surface area contributed by atoms with Crippen LogP contribution in [0.4, 0.5) is 0 Å². The van der Waals surface area contributed by atoms with Crippen molar-refractivity contribution in [1.29, 1.82) is 0 Å². The molecule has 0 radical (unpaired) electrons. The average molecular weight is 428 g/mol. The topological polar surface area (TPSA) is 116 Å². The molecule has 1 atom stereocenters. The summed E-state index contributed by atoms with van der Waals surface area (Å²) in [4.78, 5) is 47.1. The van der Waals surface area contributed by atoms with Crippen LogP contribution in [0.15, 0.2) is 36.7 Å². The molecular formula is C22H29N5O4. The number of carbonyl (C=O) groups is 3. The molecule has 1 aliphatic heterocycles. The van der Waals surface area contributed by atoms with Gasteiger partial charge in [0.2, 0.25) is 0 Å². The van der Waals surface area contributed by atoms with E-state index in [0.29, 0.717) is 26.2 Å². The summed E-state index contributed by atoms with van der Waals surface area (Å²) < 4.78 is 5.50. The van der Waals surface area contributed by atoms with E-state index < -0.39 is 23.5 Å². The summed E-state index contributed by atoms with van der Waals surface area (Å²) in [7, 11) is 0. The van der Waals surface area contributed by atoms with Gasteiger partial charge in [0.15, 0.2) is 5.69 Å². The van der Waals surface area contributed by atoms with Crippen LogP contribution >= 0.6 is 0 Å². The lowest BCUT2D eigenvalue weighted by Crippen LogP contribution is -2.48. The number of aromatic nitrogens is 2. The molecular weight excluding hydrogens is 398 g/mol. The van der Waals surface area contributed by atoms with Gasteiger partial charge in [-0.15, -0.1) is 0 Å². The summed E-state index contributed by atoms with van der Waals surface area (Å²) in [6.07, 6.45) is 1.57. The summed E-state index contributed by atoms with van der Waals surface area (Å²) in [5.74, 6) is -1.44. The van der Waals surface area contributed by atoms with E-state index in [1.165, 1.54) is 6.33 Å². The molecule has 0 aliphatic carbocycles. The number of piperazine rings is 1. The van der Waals surface area contributed by atoms with Crippen LogP contribution in [0, 0.1) is 0 Å². The maximum atomic E-state index is 13.0. The smallest absolute Gasteiger partial charge is 0.329 e. The second-order valence-electron chi connectivity index (χ2n) is 8.42. The number of ether oxygens (including phenoxy) is 1. The standard InChI is InChI=1S/C22H29N5O4/c1-22(2,3)31-21(30)16(13-15-7-5-4-6-8-15)26-19(28)17-18(25-14-24-17)20(29)27-11-9-23-10-12-27/h4-8,14,16,23H,9-13H2,1-3H3,(H,24,25)(H,26,28). The largest absolute Gasteiger partial charge is 0.458 e. The van der Waals surface area contributed by atoms with Gasteiger partial charge in [0.25, 0.3) is 11.8 Å².